The average molecular weight is 344 g/mol. The molecule has 128 valence electrons. The molecule has 2 aliphatic heterocycles. The Morgan fingerprint density at radius 1 is 1.57 bits per heavy atom. The molecular formula is C15H21FN2O4S. The fraction of sp³-hybridized carbons (Fsp3) is 0.667. The molecule has 0 N–H and O–H groups in total. The van der Waals surface area contributed by atoms with Gasteiger partial charge in [-0.2, -0.15) is 0 Å². The summed E-state index contributed by atoms with van der Waals surface area (Å²) in [4.78, 5) is 3.89. The van der Waals surface area contributed by atoms with E-state index in [1.165, 1.54) is 28.9 Å². The van der Waals surface area contributed by atoms with Gasteiger partial charge in [0.25, 0.3) is 0 Å². The van der Waals surface area contributed by atoms with Gasteiger partial charge in [-0.3, -0.25) is 0 Å². The third kappa shape index (κ3) is 3.49. The van der Waals surface area contributed by atoms with Crippen molar-refractivity contribution in [1.29, 1.82) is 0 Å². The van der Waals surface area contributed by atoms with Crippen molar-refractivity contribution < 1.29 is 22.3 Å². The normalized spacial score (nSPS) is 29.0. The number of ether oxygens (including phenoxy) is 2. The summed E-state index contributed by atoms with van der Waals surface area (Å²) >= 11 is 0. The Morgan fingerprint density at radius 3 is 3.13 bits per heavy atom. The van der Waals surface area contributed by atoms with Crippen molar-refractivity contribution in [2.45, 2.75) is 25.4 Å². The Labute approximate surface area is 135 Å². The number of hydrogen-bond donors (Lipinski definition) is 0. The maximum Gasteiger partial charge on any atom is 0.250 e. The van der Waals surface area contributed by atoms with E-state index in [2.05, 4.69) is 4.98 Å². The largest absolute Gasteiger partial charge is 0.475 e. The first-order valence-electron chi connectivity index (χ1n) is 7.71. The van der Waals surface area contributed by atoms with Gasteiger partial charge in [0.05, 0.1) is 19.0 Å². The van der Waals surface area contributed by atoms with Crippen molar-refractivity contribution in [3.63, 3.8) is 0 Å². The van der Waals surface area contributed by atoms with E-state index >= 15 is 0 Å². The molecule has 0 saturated carbocycles. The van der Waals surface area contributed by atoms with E-state index in [1.54, 1.807) is 0 Å². The van der Waals surface area contributed by atoms with Gasteiger partial charge in [-0.1, -0.05) is 0 Å². The molecule has 2 unspecified atom stereocenters. The molecule has 1 aromatic rings. The van der Waals surface area contributed by atoms with Crippen LogP contribution in [0.25, 0.3) is 0 Å². The molecule has 0 aliphatic carbocycles. The van der Waals surface area contributed by atoms with Crippen LogP contribution in [0.15, 0.2) is 18.3 Å². The highest BCUT2D eigenvalue weighted by Crippen LogP contribution is 2.41. The average Bonchev–Trinajstić information content (AvgIpc) is 2.53. The molecule has 8 heteroatoms. The number of aromatic nitrogens is 1. The highest BCUT2D eigenvalue weighted by Gasteiger charge is 2.48. The third-order valence-electron chi connectivity index (χ3n) is 4.64. The van der Waals surface area contributed by atoms with Crippen LogP contribution in [-0.4, -0.2) is 56.4 Å². The van der Waals surface area contributed by atoms with Gasteiger partial charge in [0.15, 0.2) is 5.82 Å². The summed E-state index contributed by atoms with van der Waals surface area (Å²) in [6.45, 7) is 1.65. The van der Waals surface area contributed by atoms with Crippen LogP contribution in [0.4, 0.5) is 4.39 Å². The lowest BCUT2D eigenvalue weighted by Gasteiger charge is -2.49. The fourth-order valence-corrected chi connectivity index (χ4v) is 4.36. The van der Waals surface area contributed by atoms with Crippen LogP contribution in [0.2, 0.25) is 0 Å². The van der Waals surface area contributed by atoms with E-state index in [9.17, 15) is 12.8 Å². The molecule has 0 aromatic carbocycles. The fourth-order valence-electron chi connectivity index (χ4n) is 3.43. The SMILES string of the molecule is CS(=O)(=O)N1CCC2OCCCC2(COc2ncccc2F)C1. The minimum absolute atomic E-state index is 0.0531. The van der Waals surface area contributed by atoms with E-state index in [4.69, 9.17) is 9.47 Å². The monoisotopic (exact) mass is 344 g/mol. The van der Waals surface area contributed by atoms with Crippen LogP contribution in [-0.2, 0) is 14.8 Å². The topological polar surface area (TPSA) is 68.7 Å². The summed E-state index contributed by atoms with van der Waals surface area (Å²) in [7, 11) is -3.27. The number of fused-ring (bicyclic) bond motifs is 1. The second-order valence-electron chi connectivity index (χ2n) is 6.29. The van der Waals surface area contributed by atoms with Gasteiger partial charge >= 0.3 is 0 Å². The number of rotatable bonds is 4. The summed E-state index contributed by atoms with van der Waals surface area (Å²) in [5, 5.41) is 0. The molecule has 2 fully saturated rings. The second kappa shape index (κ2) is 6.33. The highest BCUT2D eigenvalue weighted by molar-refractivity contribution is 7.88. The quantitative estimate of drug-likeness (QED) is 0.826. The molecule has 6 nitrogen and oxygen atoms in total. The second-order valence-corrected chi connectivity index (χ2v) is 8.27. The molecule has 0 bridgehead atoms. The molecule has 2 aliphatic rings. The van der Waals surface area contributed by atoms with E-state index in [0.29, 0.717) is 26.1 Å². The van der Waals surface area contributed by atoms with Gasteiger partial charge in [0.2, 0.25) is 15.9 Å². The molecular weight excluding hydrogens is 323 g/mol. The van der Waals surface area contributed by atoms with Gasteiger partial charge in [0.1, 0.15) is 0 Å². The summed E-state index contributed by atoms with van der Waals surface area (Å²) in [5.74, 6) is -0.573. The van der Waals surface area contributed by atoms with Crippen molar-refractivity contribution >= 4 is 10.0 Å². The number of sulfonamides is 1. The van der Waals surface area contributed by atoms with Gasteiger partial charge in [-0.05, 0) is 31.4 Å². The van der Waals surface area contributed by atoms with Gasteiger partial charge in [-0.15, -0.1) is 0 Å². The lowest BCUT2D eigenvalue weighted by atomic mass is 9.73. The summed E-state index contributed by atoms with van der Waals surface area (Å²) in [6.07, 6.45) is 4.86. The minimum atomic E-state index is -3.27. The summed E-state index contributed by atoms with van der Waals surface area (Å²) < 4.78 is 50.4. The van der Waals surface area contributed by atoms with Crippen molar-refractivity contribution in [2.24, 2.45) is 5.41 Å². The van der Waals surface area contributed by atoms with Crippen LogP contribution in [0.1, 0.15) is 19.3 Å². The summed E-state index contributed by atoms with van der Waals surface area (Å²) in [6, 6.07) is 2.79. The summed E-state index contributed by atoms with van der Waals surface area (Å²) in [5.41, 5.74) is -0.455. The molecule has 2 saturated heterocycles. The smallest absolute Gasteiger partial charge is 0.250 e. The van der Waals surface area contributed by atoms with Crippen LogP contribution in [0.3, 0.4) is 0 Å². The Hall–Kier alpha value is -1.25. The maximum absolute atomic E-state index is 13.7. The van der Waals surface area contributed by atoms with Crippen molar-refractivity contribution in [3.05, 3.63) is 24.1 Å². The standard InChI is InChI=1S/C15H21FN2O4S/c1-23(19,20)18-8-5-13-15(10-18,6-3-9-21-13)11-22-14-12(16)4-2-7-17-14/h2,4,7,13H,3,5-6,8-11H2,1H3. The number of pyridine rings is 1. The molecule has 2 atom stereocenters. The molecule has 0 amide bonds. The number of hydrogen-bond acceptors (Lipinski definition) is 5. The number of piperidine rings is 1. The minimum Gasteiger partial charge on any atom is -0.475 e. The van der Waals surface area contributed by atoms with E-state index in [1.807, 2.05) is 0 Å². The van der Waals surface area contributed by atoms with Crippen LogP contribution >= 0.6 is 0 Å². The molecule has 23 heavy (non-hydrogen) atoms. The number of nitrogens with zero attached hydrogens (tertiary/aromatic N) is 2. The zero-order valence-corrected chi connectivity index (χ0v) is 13.9. The van der Waals surface area contributed by atoms with Crippen LogP contribution in [0.5, 0.6) is 5.88 Å². The highest BCUT2D eigenvalue weighted by atomic mass is 32.2. The van der Waals surface area contributed by atoms with E-state index in [-0.39, 0.29) is 18.6 Å². The first-order valence-corrected chi connectivity index (χ1v) is 9.56. The molecule has 0 spiro atoms. The molecule has 3 heterocycles. The molecule has 1 aromatic heterocycles. The Bertz CT molecular complexity index is 669. The Balaban J connectivity index is 1.80. The Kier molecular flexibility index (Phi) is 4.57. The van der Waals surface area contributed by atoms with Crippen LogP contribution in [0, 0.1) is 11.2 Å². The lowest BCUT2D eigenvalue weighted by Crippen LogP contribution is -2.58. The first-order chi connectivity index (χ1) is 10.9. The zero-order chi connectivity index (χ0) is 16.5. The van der Waals surface area contributed by atoms with E-state index in [0.717, 1.165) is 12.8 Å². The van der Waals surface area contributed by atoms with Crippen molar-refractivity contribution in [3.8, 4) is 5.88 Å². The number of halogens is 1. The Morgan fingerprint density at radius 2 is 2.39 bits per heavy atom. The lowest BCUT2D eigenvalue weighted by molar-refractivity contribution is -0.128. The van der Waals surface area contributed by atoms with Crippen molar-refractivity contribution in [1.82, 2.24) is 9.29 Å². The van der Waals surface area contributed by atoms with Gasteiger partial charge in [-0.25, -0.2) is 22.1 Å². The molecule has 3 rings (SSSR count). The first kappa shape index (κ1) is 16.6. The zero-order valence-electron chi connectivity index (χ0n) is 13.1. The van der Waals surface area contributed by atoms with Crippen LogP contribution < -0.4 is 4.74 Å². The van der Waals surface area contributed by atoms with E-state index < -0.39 is 21.3 Å². The predicted octanol–water partition coefficient (Wildman–Crippen LogP) is 1.43. The van der Waals surface area contributed by atoms with Gasteiger partial charge in [0, 0.05) is 31.3 Å². The third-order valence-corrected chi connectivity index (χ3v) is 5.89. The van der Waals surface area contributed by atoms with Gasteiger partial charge < -0.3 is 9.47 Å². The van der Waals surface area contributed by atoms with Crippen molar-refractivity contribution in [2.75, 3.05) is 32.6 Å². The molecule has 0 radical (unpaired) electrons. The predicted molar refractivity (Wildman–Crippen MR) is 82.1 cm³/mol. The maximum atomic E-state index is 13.7.